The zero-order valence-electron chi connectivity index (χ0n) is 13.9. The van der Waals surface area contributed by atoms with E-state index in [1.54, 1.807) is 12.1 Å². The molecule has 2 aromatic carbocycles. The molecule has 2 heterocycles. The SMILES string of the molecule is O=C1C(C(O)c2ccc3c(c2)OCCO3)CCN1Cc1ccccc1. The monoisotopic (exact) mass is 339 g/mol. The third-order valence-corrected chi connectivity index (χ3v) is 4.84. The molecule has 2 aromatic rings. The Kier molecular flexibility index (Phi) is 4.32. The fraction of sp³-hybridized carbons (Fsp3) is 0.350. The van der Waals surface area contributed by atoms with E-state index in [1.165, 1.54) is 0 Å². The maximum absolute atomic E-state index is 12.7. The molecule has 0 radical (unpaired) electrons. The van der Waals surface area contributed by atoms with Gasteiger partial charge >= 0.3 is 0 Å². The first-order valence-corrected chi connectivity index (χ1v) is 8.63. The van der Waals surface area contributed by atoms with E-state index in [0.717, 1.165) is 5.56 Å². The number of benzene rings is 2. The van der Waals surface area contributed by atoms with E-state index in [4.69, 9.17) is 9.47 Å². The highest BCUT2D eigenvalue weighted by Crippen LogP contribution is 2.37. The quantitative estimate of drug-likeness (QED) is 0.930. The zero-order chi connectivity index (χ0) is 17.2. The molecule has 4 rings (SSSR count). The summed E-state index contributed by atoms with van der Waals surface area (Å²) in [5.41, 5.74) is 1.80. The lowest BCUT2D eigenvalue weighted by atomic mass is 9.94. The highest BCUT2D eigenvalue weighted by molar-refractivity contribution is 5.81. The highest BCUT2D eigenvalue weighted by Gasteiger charge is 2.37. The van der Waals surface area contributed by atoms with Gasteiger partial charge in [-0.05, 0) is 29.7 Å². The first kappa shape index (κ1) is 16.0. The Morgan fingerprint density at radius 3 is 2.64 bits per heavy atom. The Hall–Kier alpha value is -2.53. The minimum Gasteiger partial charge on any atom is -0.486 e. The predicted molar refractivity (Wildman–Crippen MR) is 92.4 cm³/mol. The number of hydrogen-bond donors (Lipinski definition) is 1. The van der Waals surface area contributed by atoms with Crippen LogP contribution in [0.25, 0.3) is 0 Å². The molecule has 1 N–H and O–H groups in total. The number of hydrogen-bond acceptors (Lipinski definition) is 4. The van der Waals surface area contributed by atoms with Gasteiger partial charge in [-0.3, -0.25) is 4.79 Å². The fourth-order valence-electron chi connectivity index (χ4n) is 3.49. The number of aliphatic hydroxyl groups excluding tert-OH is 1. The third-order valence-electron chi connectivity index (χ3n) is 4.84. The number of ether oxygens (including phenoxy) is 2. The van der Waals surface area contributed by atoms with Crippen LogP contribution in [0.1, 0.15) is 23.7 Å². The number of rotatable bonds is 4. The summed E-state index contributed by atoms with van der Waals surface area (Å²) in [6.07, 6.45) is -0.175. The van der Waals surface area contributed by atoms with Crippen molar-refractivity contribution in [3.63, 3.8) is 0 Å². The molecule has 2 aliphatic heterocycles. The minimum atomic E-state index is -0.830. The van der Waals surface area contributed by atoms with Crippen LogP contribution >= 0.6 is 0 Å². The van der Waals surface area contributed by atoms with Gasteiger partial charge in [0, 0.05) is 13.1 Å². The third kappa shape index (κ3) is 3.20. The van der Waals surface area contributed by atoms with Crippen molar-refractivity contribution in [1.82, 2.24) is 4.90 Å². The van der Waals surface area contributed by atoms with E-state index in [0.29, 0.717) is 49.8 Å². The molecule has 2 aliphatic rings. The van der Waals surface area contributed by atoms with Crippen molar-refractivity contribution in [2.45, 2.75) is 19.1 Å². The number of carbonyl (C=O) groups is 1. The Balaban J connectivity index is 1.47. The van der Waals surface area contributed by atoms with Gasteiger partial charge in [0.1, 0.15) is 13.2 Å². The molecule has 130 valence electrons. The van der Waals surface area contributed by atoms with E-state index in [2.05, 4.69) is 0 Å². The molecule has 0 aliphatic carbocycles. The largest absolute Gasteiger partial charge is 0.486 e. The first-order valence-electron chi connectivity index (χ1n) is 8.63. The molecular weight excluding hydrogens is 318 g/mol. The Labute approximate surface area is 146 Å². The first-order chi connectivity index (χ1) is 12.2. The lowest BCUT2D eigenvalue weighted by Gasteiger charge is -2.22. The van der Waals surface area contributed by atoms with Crippen LogP contribution < -0.4 is 9.47 Å². The predicted octanol–water partition coefficient (Wildman–Crippen LogP) is 2.54. The molecule has 1 fully saturated rings. The molecule has 5 nitrogen and oxygen atoms in total. The zero-order valence-corrected chi connectivity index (χ0v) is 13.9. The van der Waals surface area contributed by atoms with Crippen LogP contribution in [0.3, 0.4) is 0 Å². The summed E-state index contributed by atoms with van der Waals surface area (Å²) < 4.78 is 11.1. The van der Waals surface area contributed by atoms with Gasteiger partial charge in [-0.2, -0.15) is 0 Å². The van der Waals surface area contributed by atoms with Crippen molar-refractivity contribution in [2.24, 2.45) is 5.92 Å². The molecule has 0 saturated carbocycles. The molecule has 2 atom stereocenters. The number of carbonyl (C=O) groups excluding carboxylic acids is 1. The molecule has 25 heavy (non-hydrogen) atoms. The Morgan fingerprint density at radius 2 is 1.84 bits per heavy atom. The second kappa shape index (κ2) is 6.76. The number of nitrogens with zero attached hydrogens (tertiary/aromatic N) is 1. The van der Waals surface area contributed by atoms with Crippen molar-refractivity contribution in [2.75, 3.05) is 19.8 Å². The van der Waals surface area contributed by atoms with Gasteiger partial charge in [-0.25, -0.2) is 0 Å². The summed E-state index contributed by atoms with van der Waals surface area (Å²) in [4.78, 5) is 14.5. The molecule has 2 unspecified atom stereocenters. The van der Waals surface area contributed by atoms with E-state index < -0.39 is 12.0 Å². The second-order valence-corrected chi connectivity index (χ2v) is 6.49. The molecule has 1 saturated heterocycles. The van der Waals surface area contributed by atoms with Crippen LogP contribution in [0.4, 0.5) is 0 Å². The maximum Gasteiger partial charge on any atom is 0.229 e. The van der Waals surface area contributed by atoms with Crippen molar-refractivity contribution < 1.29 is 19.4 Å². The number of likely N-dealkylation sites (tertiary alicyclic amines) is 1. The summed E-state index contributed by atoms with van der Waals surface area (Å²) in [6.45, 7) is 2.29. The second-order valence-electron chi connectivity index (χ2n) is 6.49. The fourth-order valence-corrected chi connectivity index (χ4v) is 3.49. The summed E-state index contributed by atoms with van der Waals surface area (Å²) in [5.74, 6) is 0.914. The molecule has 0 aromatic heterocycles. The minimum absolute atomic E-state index is 0.00578. The molecule has 5 heteroatoms. The van der Waals surface area contributed by atoms with Crippen LogP contribution in [-0.4, -0.2) is 35.7 Å². The van der Waals surface area contributed by atoms with E-state index in [9.17, 15) is 9.90 Å². The summed E-state index contributed by atoms with van der Waals surface area (Å²) in [7, 11) is 0. The summed E-state index contributed by atoms with van der Waals surface area (Å²) >= 11 is 0. The average Bonchev–Trinajstić information content (AvgIpc) is 3.02. The average molecular weight is 339 g/mol. The number of fused-ring (bicyclic) bond motifs is 1. The highest BCUT2D eigenvalue weighted by atomic mass is 16.6. The topological polar surface area (TPSA) is 59.0 Å². The van der Waals surface area contributed by atoms with Gasteiger partial charge in [0.15, 0.2) is 11.5 Å². The normalized spacial score (nSPS) is 20.6. The van der Waals surface area contributed by atoms with Crippen molar-refractivity contribution in [3.05, 3.63) is 59.7 Å². The van der Waals surface area contributed by atoms with Crippen LogP contribution in [0.2, 0.25) is 0 Å². The van der Waals surface area contributed by atoms with Crippen molar-refractivity contribution in [1.29, 1.82) is 0 Å². The number of aliphatic hydroxyl groups is 1. The smallest absolute Gasteiger partial charge is 0.229 e. The van der Waals surface area contributed by atoms with E-state index in [-0.39, 0.29) is 5.91 Å². The standard InChI is InChI=1S/C20H21NO4/c22-19(15-6-7-17-18(12-15)25-11-10-24-17)16-8-9-21(20(16)23)13-14-4-2-1-3-5-14/h1-7,12,16,19,22H,8-11,13H2. The molecular formula is C20H21NO4. The number of amides is 1. The van der Waals surface area contributed by atoms with Crippen LogP contribution in [0.5, 0.6) is 11.5 Å². The van der Waals surface area contributed by atoms with Gasteiger partial charge in [-0.1, -0.05) is 36.4 Å². The van der Waals surface area contributed by atoms with Crippen molar-refractivity contribution in [3.8, 4) is 11.5 Å². The van der Waals surface area contributed by atoms with E-state index in [1.807, 2.05) is 41.3 Å². The van der Waals surface area contributed by atoms with Gasteiger partial charge in [0.25, 0.3) is 0 Å². The maximum atomic E-state index is 12.7. The Bertz CT molecular complexity index is 762. The molecule has 1 amide bonds. The Morgan fingerprint density at radius 1 is 1.08 bits per heavy atom. The van der Waals surface area contributed by atoms with Crippen LogP contribution in [-0.2, 0) is 11.3 Å². The van der Waals surface area contributed by atoms with Gasteiger partial charge < -0.3 is 19.5 Å². The van der Waals surface area contributed by atoms with Crippen molar-refractivity contribution >= 4 is 5.91 Å². The van der Waals surface area contributed by atoms with Gasteiger partial charge in [-0.15, -0.1) is 0 Å². The molecule has 0 spiro atoms. The summed E-state index contributed by atoms with van der Waals surface area (Å²) in [5, 5.41) is 10.7. The lowest BCUT2D eigenvalue weighted by molar-refractivity contribution is -0.134. The lowest BCUT2D eigenvalue weighted by Crippen LogP contribution is -2.29. The van der Waals surface area contributed by atoms with Crippen LogP contribution in [0, 0.1) is 5.92 Å². The summed E-state index contributed by atoms with van der Waals surface area (Å²) in [6, 6.07) is 15.3. The van der Waals surface area contributed by atoms with Crippen LogP contribution in [0.15, 0.2) is 48.5 Å². The van der Waals surface area contributed by atoms with Gasteiger partial charge in [0.2, 0.25) is 5.91 Å². The van der Waals surface area contributed by atoms with Gasteiger partial charge in [0.05, 0.1) is 12.0 Å². The van der Waals surface area contributed by atoms with E-state index >= 15 is 0 Å². The molecule has 0 bridgehead atoms.